The van der Waals surface area contributed by atoms with E-state index in [-0.39, 0.29) is 11.2 Å². The largest absolute Gasteiger partial charge is 0.351 e. The summed E-state index contributed by atoms with van der Waals surface area (Å²) in [6.45, 7) is 4.11. The number of hydrogen-bond acceptors (Lipinski definition) is 2. The number of carbonyl (C=O) groups excluding carboxylic acids is 1. The highest BCUT2D eigenvalue weighted by molar-refractivity contribution is 8.00. The predicted molar refractivity (Wildman–Crippen MR) is 84.7 cm³/mol. The highest BCUT2D eigenvalue weighted by Crippen LogP contribution is 2.35. The van der Waals surface area contributed by atoms with Crippen LogP contribution in [0.25, 0.3) is 0 Å². The van der Waals surface area contributed by atoms with Crippen LogP contribution in [0.2, 0.25) is 0 Å². The van der Waals surface area contributed by atoms with Gasteiger partial charge in [0.1, 0.15) is 5.25 Å². The third-order valence-electron chi connectivity index (χ3n) is 2.76. The molecule has 0 aliphatic heterocycles. The second-order valence-corrected chi connectivity index (χ2v) is 5.43. The molecule has 0 aliphatic rings. The summed E-state index contributed by atoms with van der Waals surface area (Å²) in [6.07, 6.45) is 1.69. The van der Waals surface area contributed by atoms with Gasteiger partial charge in [-0.2, -0.15) is 0 Å². The molecule has 0 saturated carbocycles. The average Bonchev–Trinajstić information content (AvgIpc) is 2.52. The van der Waals surface area contributed by atoms with Crippen LogP contribution in [0.15, 0.2) is 78.2 Å². The molecule has 2 aromatic rings. The van der Waals surface area contributed by atoms with Gasteiger partial charge in [0.2, 0.25) is 5.91 Å². The molecule has 102 valence electrons. The van der Waals surface area contributed by atoms with Crippen LogP contribution in [0.1, 0.15) is 10.8 Å². The van der Waals surface area contributed by atoms with Crippen molar-refractivity contribution in [3.05, 3.63) is 78.9 Å². The predicted octanol–water partition coefficient (Wildman–Crippen LogP) is 3.82. The maximum atomic E-state index is 12.3. The number of thioether (sulfide) groups is 1. The molecule has 3 heteroatoms. The van der Waals surface area contributed by atoms with Gasteiger partial charge in [0, 0.05) is 11.4 Å². The van der Waals surface area contributed by atoms with Gasteiger partial charge < -0.3 is 5.32 Å². The van der Waals surface area contributed by atoms with Crippen molar-refractivity contribution in [1.82, 2.24) is 5.32 Å². The van der Waals surface area contributed by atoms with E-state index in [1.165, 1.54) is 0 Å². The van der Waals surface area contributed by atoms with Crippen molar-refractivity contribution in [3.63, 3.8) is 0 Å². The molecule has 0 heterocycles. The molecular formula is C17H17NOS. The zero-order valence-electron chi connectivity index (χ0n) is 11.2. The SMILES string of the molecule is C=CCNC(=O)[C@@H](Sc1ccccc1)c1ccccc1. The normalized spacial score (nSPS) is 11.6. The molecule has 20 heavy (non-hydrogen) atoms. The first-order valence-electron chi connectivity index (χ1n) is 6.46. The summed E-state index contributed by atoms with van der Waals surface area (Å²) in [7, 11) is 0. The second-order valence-electron chi connectivity index (χ2n) is 4.26. The fourth-order valence-electron chi connectivity index (χ4n) is 1.80. The van der Waals surface area contributed by atoms with Crippen LogP contribution in [0, 0.1) is 0 Å². The Kier molecular flexibility index (Phi) is 5.44. The van der Waals surface area contributed by atoms with Crippen LogP contribution in [0.5, 0.6) is 0 Å². The number of carbonyl (C=O) groups is 1. The zero-order valence-corrected chi connectivity index (χ0v) is 12.0. The van der Waals surface area contributed by atoms with Gasteiger partial charge >= 0.3 is 0 Å². The van der Waals surface area contributed by atoms with Gasteiger partial charge in [-0.1, -0.05) is 54.6 Å². The van der Waals surface area contributed by atoms with Crippen LogP contribution in [-0.2, 0) is 4.79 Å². The van der Waals surface area contributed by atoms with E-state index >= 15 is 0 Å². The van der Waals surface area contributed by atoms with Gasteiger partial charge in [-0.15, -0.1) is 18.3 Å². The summed E-state index contributed by atoms with van der Waals surface area (Å²) in [5.41, 5.74) is 1.00. The fraction of sp³-hybridized carbons (Fsp3) is 0.118. The Labute approximate surface area is 123 Å². The van der Waals surface area contributed by atoms with Gasteiger partial charge in [0.05, 0.1) is 0 Å². The van der Waals surface area contributed by atoms with Crippen LogP contribution in [0.4, 0.5) is 0 Å². The second kappa shape index (κ2) is 7.56. The highest BCUT2D eigenvalue weighted by Gasteiger charge is 2.21. The highest BCUT2D eigenvalue weighted by atomic mass is 32.2. The lowest BCUT2D eigenvalue weighted by atomic mass is 10.1. The van der Waals surface area contributed by atoms with E-state index in [1.807, 2.05) is 60.7 Å². The smallest absolute Gasteiger partial charge is 0.238 e. The number of benzene rings is 2. The third kappa shape index (κ3) is 4.00. The van der Waals surface area contributed by atoms with Crippen LogP contribution >= 0.6 is 11.8 Å². The first kappa shape index (κ1) is 14.4. The number of rotatable bonds is 6. The first-order chi connectivity index (χ1) is 9.81. The molecule has 0 fully saturated rings. The topological polar surface area (TPSA) is 29.1 Å². The summed E-state index contributed by atoms with van der Waals surface area (Å²) >= 11 is 1.55. The first-order valence-corrected chi connectivity index (χ1v) is 7.34. The van der Waals surface area contributed by atoms with Crippen LogP contribution in [-0.4, -0.2) is 12.5 Å². The maximum Gasteiger partial charge on any atom is 0.238 e. The molecule has 2 aromatic carbocycles. The molecule has 0 spiro atoms. The molecule has 0 aliphatic carbocycles. The Morgan fingerprint density at radius 3 is 2.30 bits per heavy atom. The summed E-state index contributed by atoms with van der Waals surface area (Å²) in [6, 6.07) is 19.8. The molecule has 0 bridgehead atoms. The monoisotopic (exact) mass is 283 g/mol. The van der Waals surface area contributed by atoms with Crippen molar-refractivity contribution in [2.24, 2.45) is 0 Å². The Morgan fingerprint density at radius 2 is 1.70 bits per heavy atom. The molecule has 1 N–H and O–H groups in total. The number of hydrogen-bond donors (Lipinski definition) is 1. The molecule has 1 atom stereocenters. The van der Waals surface area contributed by atoms with E-state index in [9.17, 15) is 4.79 Å². The van der Waals surface area contributed by atoms with Crippen molar-refractivity contribution in [2.45, 2.75) is 10.1 Å². The van der Waals surface area contributed by atoms with Gasteiger partial charge in [0.15, 0.2) is 0 Å². The summed E-state index contributed by atoms with van der Waals surface area (Å²) < 4.78 is 0. The van der Waals surface area contributed by atoms with Gasteiger partial charge in [-0.25, -0.2) is 0 Å². The molecule has 0 saturated heterocycles. The van der Waals surface area contributed by atoms with Gasteiger partial charge in [0.25, 0.3) is 0 Å². The van der Waals surface area contributed by atoms with E-state index in [2.05, 4.69) is 11.9 Å². The van der Waals surface area contributed by atoms with Crippen molar-refractivity contribution in [3.8, 4) is 0 Å². The molecular weight excluding hydrogens is 266 g/mol. The maximum absolute atomic E-state index is 12.3. The Hall–Kier alpha value is -2.00. The molecule has 1 amide bonds. The minimum Gasteiger partial charge on any atom is -0.351 e. The number of amides is 1. The van der Waals surface area contributed by atoms with E-state index in [1.54, 1.807) is 17.8 Å². The molecule has 2 rings (SSSR count). The van der Waals surface area contributed by atoms with Crippen molar-refractivity contribution < 1.29 is 4.79 Å². The standard InChI is InChI=1S/C17H17NOS/c1-2-13-18-17(19)16(14-9-5-3-6-10-14)20-15-11-7-4-8-12-15/h2-12,16H,1,13H2,(H,18,19)/t16-/m0/s1. The summed E-state index contributed by atoms with van der Waals surface area (Å²) in [4.78, 5) is 13.4. The van der Waals surface area contributed by atoms with Crippen LogP contribution in [0.3, 0.4) is 0 Å². The lowest BCUT2D eigenvalue weighted by molar-refractivity contribution is -0.120. The van der Waals surface area contributed by atoms with Gasteiger partial charge in [-0.05, 0) is 17.7 Å². The van der Waals surface area contributed by atoms with E-state index in [0.29, 0.717) is 6.54 Å². The van der Waals surface area contributed by atoms with Crippen molar-refractivity contribution in [2.75, 3.05) is 6.54 Å². The lowest BCUT2D eigenvalue weighted by Crippen LogP contribution is -2.27. The van der Waals surface area contributed by atoms with Gasteiger partial charge in [-0.3, -0.25) is 4.79 Å². The molecule has 2 nitrogen and oxygen atoms in total. The van der Waals surface area contributed by atoms with E-state index in [4.69, 9.17) is 0 Å². The fourth-order valence-corrected chi connectivity index (χ4v) is 2.87. The quantitative estimate of drug-likeness (QED) is 0.645. The summed E-state index contributed by atoms with van der Waals surface area (Å²) in [5.74, 6) is 0.00459. The van der Waals surface area contributed by atoms with Crippen molar-refractivity contribution in [1.29, 1.82) is 0 Å². The molecule has 0 aromatic heterocycles. The minimum absolute atomic E-state index is 0.00459. The Morgan fingerprint density at radius 1 is 1.10 bits per heavy atom. The van der Waals surface area contributed by atoms with E-state index < -0.39 is 0 Å². The Bertz CT molecular complexity index is 554. The lowest BCUT2D eigenvalue weighted by Gasteiger charge is -2.16. The average molecular weight is 283 g/mol. The molecule has 0 radical (unpaired) electrons. The molecule has 0 unspecified atom stereocenters. The minimum atomic E-state index is -0.251. The summed E-state index contributed by atoms with van der Waals surface area (Å²) in [5, 5.41) is 2.62. The zero-order chi connectivity index (χ0) is 14.2. The van der Waals surface area contributed by atoms with Crippen molar-refractivity contribution >= 4 is 17.7 Å². The van der Waals surface area contributed by atoms with E-state index in [0.717, 1.165) is 10.5 Å². The number of nitrogens with one attached hydrogen (secondary N) is 1. The van der Waals surface area contributed by atoms with Crippen LogP contribution < -0.4 is 5.32 Å². The Balaban J connectivity index is 2.20. The third-order valence-corrected chi connectivity index (χ3v) is 4.02.